The van der Waals surface area contributed by atoms with Crippen molar-refractivity contribution in [3.63, 3.8) is 0 Å². The molecule has 1 heterocycles. The molecule has 0 N–H and O–H groups in total. The largest absolute Gasteiger partial charge is 0.374 e. The van der Waals surface area contributed by atoms with E-state index in [2.05, 4.69) is 0 Å². The normalized spacial score (nSPS) is 22.0. The summed E-state index contributed by atoms with van der Waals surface area (Å²) >= 11 is 5.65. The second kappa shape index (κ2) is 5.52. The van der Waals surface area contributed by atoms with Gasteiger partial charge in [0.05, 0.1) is 12.7 Å². The van der Waals surface area contributed by atoms with Crippen molar-refractivity contribution in [3.8, 4) is 0 Å². The molecule has 1 aliphatic heterocycles. The van der Waals surface area contributed by atoms with E-state index < -0.39 is 15.8 Å². The Morgan fingerprint density at radius 2 is 2.17 bits per heavy atom. The van der Waals surface area contributed by atoms with E-state index in [1.807, 2.05) is 0 Å². The van der Waals surface area contributed by atoms with Gasteiger partial charge in [-0.3, -0.25) is 0 Å². The minimum absolute atomic E-state index is 0.153. The lowest BCUT2D eigenvalue weighted by molar-refractivity contribution is 0.0121. The van der Waals surface area contributed by atoms with Crippen molar-refractivity contribution in [1.82, 2.24) is 4.31 Å². The Morgan fingerprint density at radius 3 is 2.83 bits per heavy atom. The van der Waals surface area contributed by atoms with Crippen molar-refractivity contribution in [1.29, 1.82) is 0 Å². The van der Waals surface area contributed by atoms with E-state index in [1.54, 1.807) is 0 Å². The van der Waals surface area contributed by atoms with Gasteiger partial charge < -0.3 is 4.74 Å². The van der Waals surface area contributed by atoms with Gasteiger partial charge in [0, 0.05) is 19.0 Å². The fourth-order valence-electron chi connectivity index (χ4n) is 1.80. The lowest BCUT2D eigenvalue weighted by atomic mass is 10.3. The zero-order valence-electron chi connectivity index (χ0n) is 9.55. The molecule has 0 spiro atoms. The highest BCUT2D eigenvalue weighted by atomic mass is 35.5. The molecule has 2 rings (SSSR count). The summed E-state index contributed by atoms with van der Waals surface area (Å²) < 4.78 is 44.6. The summed E-state index contributed by atoms with van der Waals surface area (Å²) in [7, 11) is -3.82. The first-order chi connectivity index (χ1) is 8.55. The summed E-state index contributed by atoms with van der Waals surface area (Å²) in [4.78, 5) is -0.305. The number of sulfonamides is 1. The predicted molar refractivity (Wildman–Crippen MR) is 65.6 cm³/mol. The van der Waals surface area contributed by atoms with Gasteiger partial charge in [-0.1, -0.05) is 12.1 Å². The van der Waals surface area contributed by atoms with Crippen molar-refractivity contribution in [2.24, 2.45) is 0 Å². The molecule has 1 unspecified atom stereocenters. The van der Waals surface area contributed by atoms with Crippen LogP contribution in [0, 0.1) is 5.82 Å². The van der Waals surface area contributed by atoms with Gasteiger partial charge in [0.25, 0.3) is 0 Å². The van der Waals surface area contributed by atoms with Crippen LogP contribution >= 0.6 is 11.6 Å². The van der Waals surface area contributed by atoms with Crippen LogP contribution in [0.4, 0.5) is 4.39 Å². The number of alkyl halides is 1. The minimum Gasteiger partial charge on any atom is -0.374 e. The van der Waals surface area contributed by atoms with Crippen LogP contribution in [0.5, 0.6) is 0 Å². The van der Waals surface area contributed by atoms with Crippen molar-refractivity contribution < 1.29 is 17.5 Å². The van der Waals surface area contributed by atoms with Gasteiger partial charge >= 0.3 is 0 Å². The predicted octanol–water partition coefficient (Wildman–Crippen LogP) is 1.45. The molecular formula is C11H13ClFNO3S. The summed E-state index contributed by atoms with van der Waals surface area (Å²) in [6.45, 7) is 0.634. The van der Waals surface area contributed by atoms with Crippen LogP contribution in [0.2, 0.25) is 0 Å². The van der Waals surface area contributed by atoms with Crippen LogP contribution in [0.15, 0.2) is 29.2 Å². The molecule has 0 radical (unpaired) electrons. The van der Waals surface area contributed by atoms with Crippen molar-refractivity contribution in [2.75, 3.05) is 25.6 Å². The Labute approximate surface area is 110 Å². The summed E-state index contributed by atoms with van der Waals surface area (Å²) in [5, 5.41) is 0. The lowest BCUT2D eigenvalue weighted by Crippen LogP contribution is -2.46. The Morgan fingerprint density at radius 1 is 1.44 bits per heavy atom. The summed E-state index contributed by atoms with van der Waals surface area (Å²) in [6.07, 6.45) is -0.345. The van der Waals surface area contributed by atoms with Gasteiger partial charge in [-0.15, -0.1) is 11.6 Å². The molecule has 1 aliphatic rings. The summed E-state index contributed by atoms with van der Waals surface area (Å²) in [5.74, 6) is -0.532. The molecule has 1 fully saturated rings. The first-order valence-corrected chi connectivity index (χ1v) is 7.45. The Balaban J connectivity index is 2.29. The quantitative estimate of drug-likeness (QED) is 0.793. The molecule has 0 aliphatic carbocycles. The fraction of sp³-hybridized carbons (Fsp3) is 0.455. The molecule has 100 valence electrons. The molecule has 1 aromatic carbocycles. The monoisotopic (exact) mass is 293 g/mol. The average Bonchev–Trinajstić information content (AvgIpc) is 2.39. The second-order valence-corrected chi connectivity index (χ2v) is 6.16. The number of halogens is 2. The maximum Gasteiger partial charge on any atom is 0.246 e. The maximum atomic E-state index is 13.6. The highest BCUT2D eigenvalue weighted by molar-refractivity contribution is 7.89. The molecule has 4 nitrogen and oxygen atoms in total. The van der Waals surface area contributed by atoms with Crippen LogP contribution in [0.1, 0.15) is 0 Å². The van der Waals surface area contributed by atoms with E-state index in [0.717, 1.165) is 6.07 Å². The van der Waals surface area contributed by atoms with Crippen LogP contribution < -0.4 is 0 Å². The standard InChI is InChI=1S/C11H13ClFNO3S/c12-7-9-8-14(5-6-17-9)18(15,16)11-4-2-1-3-10(11)13/h1-4,9H,5-8H2. The van der Waals surface area contributed by atoms with Gasteiger partial charge in [0.1, 0.15) is 10.7 Å². The van der Waals surface area contributed by atoms with Crippen LogP contribution in [0.25, 0.3) is 0 Å². The van der Waals surface area contributed by atoms with E-state index in [1.165, 1.54) is 22.5 Å². The number of hydrogen-bond donors (Lipinski definition) is 0. The number of rotatable bonds is 3. The molecule has 0 amide bonds. The van der Waals surface area contributed by atoms with Crippen molar-refractivity contribution in [3.05, 3.63) is 30.1 Å². The maximum absolute atomic E-state index is 13.6. The van der Waals surface area contributed by atoms with Gasteiger partial charge in [-0.2, -0.15) is 4.31 Å². The van der Waals surface area contributed by atoms with Crippen molar-refractivity contribution >= 4 is 21.6 Å². The SMILES string of the molecule is O=S(=O)(c1ccccc1F)N1CCOC(CCl)C1. The Bertz CT molecular complexity index is 523. The zero-order valence-corrected chi connectivity index (χ0v) is 11.1. The number of benzene rings is 1. The molecule has 1 atom stereocenters. The van der Waals surface area contributed by atoms with E-state index in [9.17, 15) is 12.8 Å². The first kappa shape index (κ1) is 13.7. The highest BCUT2D eigenvalue weighted by Gasteiger charge is 2.31. The van der Waals surface area contributed by atoms with Crippen molar-refractivity contribution in [2.45, 2.75) is 11.0 Å². The van der Waals surface area contributed by atoms with Crippen LogP contribution in [0.3, 0.4) is 0 Å². The van der Waals surface area contributed by atoms with Gasteiger partial charge in [0.2, 0.25) is 10.0 Å². The Kier molecular flexibility index (Phi) is 4.21. The summed E-state index contributed by atoms with van der Waals surface area (Å²) in [6, 6.07) is 5.34. The molecular weight excluding hydrogens is 281 g/mol. The minimum atomic E-state index is -3.82. The fourth-order valence-corrected chi connectivity index (χ4v) is 3.50. The molecule has 0 saturated carbocycles. The topological polar surface area (TPSA) is 46.6 Å². The number of nitrogens with zero attached hydrogens (tertiary/aromatic N) is 1. The third-order valence-electron chi connectivity index (χ3n) is 2.73. The van der Waals surface area contributed by atoms with Gasteiger partial charge in [-0.25, -0.2) is 12.8 Å². The third-order valence-corrected chi connectivity index (χ3v) is 4.97. The number of morpholine rings is 1. The second-order valence-electron chi connectivity index (χ2n) is 3.94. The third kappa shape index (κ3) is 2.66. The van der Waals surface area contributed by atoms with Crippen LogP contribution in [-0.4, -0.2) is 44.4 Å². The molecule has 0 aromatic heterocycles. The van der Waals surface area contributed by atoms with E-state index in [0.29, 0.717) is 0 Å². The average molecular weight is 294 g/mol. The molecule has 7 heteroatoms. The van der Waals surface area contributed by atoms with E-state index in [4.69, 9.17) is 16.3 Å². The Hall–Kier alpha value is -0.690. The first-order valence-electron chi connectivity index (χ1n) is 5.48. The smallest absolute Gasteiger partial charge is 0.246 e. The van der Waals surface area contributed by atoms with Gasteiger partial charge in [-0.05, 0) is 12.1 Å². The summed E-state index contributed by atoms with van der Waals surface area (Å²) in [5.41, 5.74) is 0. The molecule has 1 aromatic rings. The van der Waals surface area contributed by atoms with Crippen LogP contribution in [-0.2, 0) is 14.8 Å². The highest BCUT2D eigenvalue weighted by Crippen LogP contribution is 2.21. The zero-order chi connectivity index (χ0) is 13.2. The lowest BCUT2D eigenvalue weighted by Gasteiger charge is -2.31. The number of ether oxygens (including phenoxy) is 1. The number of hydrogen-bond acceptors (Lipinski definition) is 3. The van der Waals surface area contributed by atoms with Gasteiger partial charge in [0.15, 0.2) is 0 Å². The van der Waals surface area contributed by atoms with E-state index >= 15 is 0 Å². The molecule has 18 heavy (non-hydrogen) atoms. The van der Waals surface area contributed by atoms with E-state index in [-0.39, 0.29) is 36.6 Å². The molecule has 1 saturated heterocycles. The molecule has 0 bridgehead atoms.